The van der Waals surface area contributed by atoms with Crippen molar-refractivity contribution in [2.24, 2.45) is 0 Å². The molecule has 0 atom stereocenters. The van der Waals surface area contributed by atoms with E-state index in [9.17, 15) is 22.4 Å². The van der Waals surface area contributed by atoms with Gasteiger partial charge in [0.25, 0.3) is 0 Å². The van der Waals surface area contributed by atoms with E-state index in [2.05, 4.69) is 19.8 Å². The van der Waals surface area contributed by atoms with Crippen molar-refractivity contribution in [3.63, 3.8) is 0 Å². The largest absolute Gasteiger partial charge is 0.586 e. The highest BCUT2D eigenvalue weighted by atomic mass is 19.3. The summed E-state index contributed by atoms with van der Waals surface area (Å²) < 4.78 is 56.2. The monoisotopic (exact) mass is 523 g/mol. The van der Waals surface area contributed by atoms with Crippen LogP contribution in [0.25, 0.3) is 11.3 Å². The smallest absolute Gasteiger partial charge is 0.395 e. The van der Waals surface area contributed by atoms with E-state index in [1.807, 2.05) is 39.0 Å². The number of aliphatic hydroxyl groups is 1. The lowest BCUT2D eigenvalue weighted by Crippen LogP contribution is -2.25. The molecular formula is C26H29F4N3O4. The summed E-state index contributed by atoms with van der Waals surface area (Å²) in [6, 6.07) is 12.1. The van der Waals surface area contributed by atoms with Crippen LogP contribution in [0.2, 0.25) is 0 Å². The molecule has 7 nitrogen and oxygen atoms in total. The number of aromatic nitrogens is 2. The lowest BCUT2D eigenvalue weighted by Gasteiger charge is -2.10. The molecule has 3 heterocycles. The summed E-state index contributed by atoms with van der Waals surface area (Å²) in [4.78, 5) is 20.1. The first-order valence-electron chi connectivity index (χ1n) is 11.5. The van der Waals surface area contributed by atoms with Gasteiger partial charge in [0, 0.05) is 23.9 Å². The van der Waals surface area contributed by atoms with Gasteiger partial charge in [-0.2, -0.15) is 0 Å². The molecule has 2 aromatic heterocycles. The van der Waals surface area contributed by atoms with Crippen molar-refractivity contribution >= 4 is 5.91 Å². The highest BCUT2D eigenvalue weighted by Gasteiger charge is 2.43. The van der Waals surface area contributed by atoms with Gasteiger partial charge in [-0.3, -0.25) is 14.8 Å². The fraction of sp³-hybridized carbons (Fsp3) is 0.346. The molecular weight excluding hydrogens is 494 g/mol. The number of aryl methyl sites for hydroxylation is 1. The third-order valence-corrected chi connectivity index (χ3v) is 4.71. The van der Waals surface area contributed by atoms with Gasteiger partial charge >= 0.3 is 6.29 Å². The summed E-state index contributed by atoms with van der Waals surface area (Å²) in [5, 5.41) is 11.3. The number of aliphatic hydroxyl groups excluding tert-OH is 1. The summed E-state index contributed by atoms with van der Waals surface area (Å²) in [6.45, 7) is 6.39. The zero-order chi connectivity index (χ0) is 27.6. The zero-order valence-electron chi connectivity index (χ0n) is 20.9. The lowest BCUT2D eigenvalue weighted by molar-refractivity contribution is -0.286. The maximum atomic E-state index is 13.3. The molecule has 1 aromatic carbocycles. The zero-order valence-corrected chi connectivity index (χ0v) is 20.9. The summed E-state index contributed by atoms with van der Waals surface area (Å²) in [5.74, 6) is -0.499. The predicted octanol–water partition coefficient (Wildman–Crippen LogP) is 5.27. The number of nitrogens with one attached hydrogen (secondary N) is 1. The number of nitrogens with zero attached hydrogens (tertiary/aromatic N) is 2. The van der Waals surface area contributed by atoms with E-state index < -0.39 is 25.2 Å². The number of ether oxygens (including phenoxy) is 2. The molecule has 1 aliphatic heterocycles. The average Bonchev–Trinajstić information content (AvgIpc) is 3.18. The van der Waals surface area contributed by atoms with E-state index in [0.29, 0.717) is 23.4 Å². The van der Waals surface area contributed by atoms with Crippen LogP contribution in [0.1, 0.15) is 43.3 Å². The number of carbonyl (C=O) groups is 1. The molecule has 37 heavy (non-hydrogen) atoms. The molecule has 0 bridgehead atoms. The van der Waals surface area contributed by atoms with Crippen LogP contribution in [0.3, 0.4) is 0 Å². The number of hydrogen-bond donors (Lipinski definition) is 2. The number of carbonyl (C=O) groups excluding carboxylic acids is 1. The van der Waals surface area contributed by atoms with Crippen LogP contribution in [-0.4, -0.2) is 40.3 Å². The number of alkyl halides is 4. The summed E-state index contributed by atoms with van der Waals surface area (Å²) in [5.41, 5.74) is 4.57. The number of benzene rings is 1. The SMILES string of the molecule is CC.CC(F)F.Cc1ccc(Cc2ccc(CNC(=O)CO)nc2)nc1-c1ccc2c(c1)OC(F)(F)O2. The molecule has 1 amide bonds. The standard InChI is InChI=1S/C22H19F2N3O4.C2H4F2.C2H6/c1-13-2-5-16(8-14-3-6-17(25-10-14)11-26-20(29)12-28)27-21(13)15-4-7-18-19(9-15)31-22(23,24)30-18;1-2(3)4;1-2/h2-7,9-10,28H,8,11-12H2,1H3,(H,26,29);2H,1H3;1-2H3. The molecule has 3 aromatic rings. The van der Waals surface area contributed by atoms with E-state index in [-0.39, 0.29) is 18.0 Å². The molecule has 0 radical (unpaired) electrons. The highest BCUT2D eigenvalue weighted by molar-refractivity contribution is 5.76. The Morgan fingerprint density at radius 1 is 1.05 bits per heavy atom. The minimum Gasteiger partial charge on any atom is -0.395 e. The third kappa shape index (κ3) is 9.02. The van der Waals surface area contributed by atoms with Gasteiger partial charge in [-0.15, -0.1) is 8.78 Å². The Morgan fingerprint density at radius 3 is 2.32 bits per heavy atom. The first kappa shape index (κ1) is 29.5. The molecule has 4 rings (SSSR count). The molecule has 0 saturated heterocycles. The second kappa shape index (κ2) is 13.5. The number of hydrogen-bond acceptors (Lipinski definition) is 6. The van der Waals surface area contributed by atoms with E-state index in [1.54, 1.807) is 18.3 Å². The highest BCUT2D eigenvalue weighted by Crippen LogP contribution is 2.43. The summed E-state index contributed by atoms with van der Waals surface area (Å²) in [7, 11) is 0. The van der Waals surface area contributed by atoms with Gasteiger partial charge in [-0.25, -0.2) is 8.78 Å². The van der Waals surface area contributed by atoms with E-state index in [4.69, 9.17) is 10.1 Å². The Bertz CT molecular complexity index is 1170. The molecule has 2 N–H and O–H groups in total. The Labute approximate surface area is 212 Å². The third-order valence-electron chi connectivity index (χ3n) is 4.71. The first-order chi connectivity index (χ1) is 17.6. The molecule has 1 aliphatic rings. The van der Waals surface area contributed by atoms with Crippen molar-refractivity contribution in [3.05, 3.63) is 71.2 Å². The van der Waals surface area contributed by atoms with E-state index in [1.165, 1.54) is 12.1 Å². The fourth-order valence-electron chi connectivity index (χ4n) is 3.17. The fourth-order valence-corrected chi connectivity index (χ4v) is 3.17. The van der Waals surface area contributed by atoms with Crippen LogP contribution in [0.15, 0.2) is 48.7 Å². The number of rotatable bonds is 6. The van der Waals surface area contributed by atoms with Crippen molar-refractivity contribution in [1.29, 1.82) is 0 Å². The maximum absolute atomic E-state index is 13.3. The minimum atomic E-state index is -3.66. The number of halogens is 4. The van der Waals surface area contributed by atoms with Gasteiger partial charge < -0.3 is 19.9 Å². The maximum Gasteiger partial charge on any atom is 0.586 e. The Morgan fingerprint density at radius 2 is 1.70 bits per heavy atom. The number of pyridine rings is 2. The number of amides is 1. The topological polar surface area (TPSA) is 93.6 Å². The van der Waals surface area contributed by atoms with Crippen molar-refractivity contribution in [1.82, 2.24) is 15.3 Å². The van der Waals surface area contributed by atoms with Crippen molar-refractivity contribution in [2.45, 2.75) is 53.4 Å². The minimum absolute atomic E-state index is 0.0103. The van der Waals surface area contributed by atoms with Gasteiger partial charge in [0.15, 0.2) is 11.5 Å². The van der Waals surface area contributed by atoms with Crippen LogP contribution in [0.5, 0.6) is 11.5 Å². The Hall–Kier alpha value is -3.73. The molecule has 0 fully saturated rings. The molecule has 0 spiro atoms. The van der Waals surface area contributed by atoms with Crippen molar-refractivity contribution in [2.75, 3.05) is 6.61 Å². The van der Waals surface area contributed by atoms with Crippen LogP contribution < -0.4 is 14.8 Å². The van der Waals surface area contributed by atoms with Crippen molar-refractivity contribution in [3.8, 4) is 22.8 Å². The number of fused-ring (bicyclic) bond motifs is 1. The first-order valence-corrected chi connectivity index (χ1v) is 11.5. The van der Waals surface area contributed by atoms with Crippen LogP contribution in [-0.2, 0) is 17.8 Å². The van der Waals surface area contributed by atoms with Gasteiger partial charge in [0.05, 0.1) is 17.9 Å². The van der Waals surface area contributed by atoms with Gasteiger partial charge in [0.1, 0.15) is 6.61 Å². The van der Waals surface area contributed by atoms with Crippen LogP contribution in [0, 0.1) is 6.92 Å². The van der Waals surface area contributed by atoms with Crippen LogP contribution >= 0.6 is 0 Å². The van der Waals surface area contributed by atoms with E-state index >= 15 is 0 Å². The van der Waals surface area contributed by atoms with E-state index in [0.717, 1.165) is 23.7 Å². The molecule has 200 valence electrons. The normalized spacial score (nSPS) is 12.7. The van der Waals surface area contributed by atoms with Gasteiger partial charge in [-0.1, -0.05) is 26.0 Å². The molecule has 0 unspecified atom stereocenters. The second-order valence-electron chi connectivity index (χ2n) is 7.59. The lowest BCUT2D eigenvalue weighted by atomic mass is 10.0. The van der Waals surface area contributed by atoms with Crippen LogP contribution in [0.4, 0.5) is 17.6 Å². The molecule has 0 saturated carbocycles. The quantitative estimate of drug-likeness (QED) is 0.428. The average molecular weight is 524 g/mol. The summed E-state index contributed by atoms with van der Waals surface area (Å²) in [6.07, 6.45) is -3.61. The second-order valence-corrected chi connectivity index (χ2v) is 7.59. The summed E-state index contributed by atoms with van der Waals surface area (Å²) >= 11 is 0. The Balaban J connectivity index is 0.000000733. The van der Waals surface area contributed by atoms with Gasteiger partial charge in [-0.05, 0) is 55.3 Å². The Kier molecular flexibility index (Phi) is 10.8. The predicted molar refractivity (Wildman–Crippen MR) is 130 cm³/mol. The molecule has 11 heteroatoms. The van der Waals surface area contributed by atoms with Gasteiger partial charge in [0.2, 0.25) is 12.3 Å². The van der Waals surface area contributed by atoms with Crippen molar-refractivity contribution < 1.29 is 36.9 Å². The molecule has 0 aliphatic carbocycles.